The number of rotatable bonds is 64. The molecule has 0 saturated heterocycles. The van der Waals surface area contributed by atoms with Crippen LogP contribution in [-0.4, -0.2) is 37.2 Å². The topological polar surface area (TPSA) is 78.9 Å². The van der Waals surface area contributed by atoms with E-state index in [4.69, 9.17) is 14.2 Å². The van der Waals surface area contributed by atoms with Gasteiger partial charge in [0.2, 0.25) is 0 Å². The largest absolute Gasteiger partial charge is 0.462 e. The SMILES string of the molecule is CCCCCC/C=C\C/C=C\CCCCCCCC(=O)OCC(COC(=O)CCCCCCCCCCCCCCCCCCCCCCCCCCC)OC(=O)CCCCCCCCC/C=C\CCCCCCCCC. The number of carbonyl (C=O) groups excluding carboxylic acids is 3. The monoisotopic (exact) mass is 1080 g/mol. The summed E-state index contributed by atoms with van der Waals surface area (Å²) < 4.78 is 17.0. The second kappa shape index (κ2) is 66.1. The maximum Gasteiger partial charge on any atom is 0.306 e. The van der Waals surface area contributed by atoms with Gasteiger partial charge >= 0.3 is 17.9 Å². The summed E-state index contributed by atoms with van der Waals surface area (Å²) in [5.41, 5.74) is 0. The minimum Gasteiger partial charge on any atom is -0.462 e. The third-order valence-electron chi connectivity index (χ3n) is 15.6. The predicted octanol–water partition coefficient (Wildman–Crippen LogP) is 23.6. The number of hydrogen-bond acceptors (Lipinski definition) is 6. The fraction of sp³-hybridized carbons (Fsp3) is 0.873. The van der Waals surface area contributed by atoms with E-state index in [1.165, 1.54) is 263 Å². The lowest BCUT2D eigenvalue weighted by molar-refractivity contribution is -0.167. The van der Waals surface area contributed by atoms with Crippen molar-refractivity contribution >= 4 is 17.9 Å². The molecule has 0 heterocycles. The Morgan fingerprint density at radius 3 is 0.740 bits per heavy atom. The first kappa shape index (κ1) is 74.6. The van der Waals surface area contributed by atoms with Crippen LogP contribution in [0.1, 0.15) is 380 Å². The number of unbranched alkanes of at least 4 members (excludes halogenated alkanes) is 47. The zero-order chi connectivity index (χ0) is 55.7. The van der Waals surface area contributed by atoms with Crippen LogP contribution in [0.4, 0.5) is 0 Å². The Bertz CT molecular complexity index is 1290. The van der Waals surface area contributed by atoms with Crippen LogP contribution >= 0.6 is 0 Å². The zero-order valence-corrected chi connectivity index (χ0v) is 52.0. The Labute approximate surface area is 480 Å². The van der Waals surface area contributed by atoms with Gasteiger partial charge in [0.15, 0.2) is 6.10 Å². The van der Waals surface area contributed by atoms with E-state index in [1.54, 1.807) is 0 Å². The van der Waals surface area contributed by atoms with Crippen molar-refractivity contribution in [3.8, 4) is 0 Å². The van der Waals surface area contributed by atoms with Gasteiger partial charge in [-0.15, -0.1) is 0 Å². The van der Waals surface area contributed by atoms with Crippen molar-refractivity contribution < 1.29 is 28.6 Å². The molecular formula is C71H132O6. The minimum atomic E-state index is -0.779. The Balaban J connectivity index is 4.28. The molecule has 1 atom stereocenters. The second-order valence-corrected chi connectivity index (χ2v) is 23.4. The number of carbonyl (C=O) groups is 3. The van der Waals surface area contributed by atoms with E-state index in [1.807, 2.05) is 0 Å². The lowest BCUT2D eigenvalue weighted by atomic mass is 10.0. The number of hydrogen-bond donors (Lipinski definition) is 0. The van der Waals surface area contributed by atoms with Crippen LogP contribution in [0.3, 0.4) is 0 Å². The molecule has 0 spiro atoms. The van der Waals surface area contributed by atoms with Gasteiger partial charge < -0.3 is 14.2 Å². The van der Waals surface area contributed by atoms with Crippen LogP contribution < -0.4 is 0 Å². The van der Waals surface area contributed by atoms with E-state index in [0.717, 1.165) is 77.0 Å². The highest BCUT2D eigenvalue weighted by Crippen LogP contribution is 2.18. The molecule has 1 unspecified atom stereocenters. The summed E-state index contributed by atoms with van der Waals surface area (Å²) in [6.45, 7) is 6.68. The molecule has 0 aromatic carbocycles. The summed E-state index contributed by atoms with van der Waals surface area (Å²) >= 11 is 0. The van der Waals surface area contributed by atoms with Crippen molar-refractivity contribution in [2.24, 2.45) is 0 Å². The summed E-state index contributed by atoms with van der Waals surface area (Å²) in [7, 11) is 0. The molecule has 0 bridgehead atoms. The maximum absolute atomic E-state index is 12.9. The van der Waals surface area contributed by atoms with Crippen molar-refractivity contribution in [1.29, 1.82) is 0 Å². The molecule has 452 valence electrons. The van der Waals surface area contributed by atoms with Crippen LogP contribution in [0.25, 0.3) is 0 Å². The van der Waals surface area contributed by atoms with E-state index in [9.17, 15) is 14.4 Å². The third kappa shape index (κ3) is 64.3. The molecule has 0 fully saturated rings. The number of esters is 3. The van der Waals surface area contributed by atoms with Crippen LogP contribution in [0.15, 0.2) is 36.5 Å². The van der Waals surface area contributed by atoms with Crippen molar-refractivity contribution in [3.63, 3.8) is 0 Å². The highest BCUT2D eigenvalue weighted by Gasteiger charge is 2.19. The molecule has 77 heavy (non-hydrogen) atoms. The molecule has 0 rings (SSSR count). The first-order valence-corrected chi connectivity index (χ1v) is 34.5. The Morgan fingerprint density at radius 1 is 0.260 bits per heavy atom. The highest BCUT2D eigenvalue weighted by atomic mass is 16.6. The van der Waals surface area contributed by atoms with Gasteiger partial charge in [0.1, 0.15) is 13.2 Å². The molecule has 0 N–H and O–H groups in total. The minimum absolute atomic E-state index is 0.0740. The molecule has 0 aromatic rings. The molecule has 0 aliphatic heterocycles. The molecular weight excluding hydrogens is 949 g/mol. The smallest absolute Gasteiger partial charge is 0.306 e. The van der Waals surface area contributed by atoms with Crippen molar-refractivity contribution in [1.82, 2.24) is 0 Å². The second-order valence-electron chi connectivity index (χ2n) is 23.4. The summed E-state index contributed by atoms with van der Waals surface area (Å²) in [6.07, 6.45) is 81.7. The first-order valence-electron chi connectivity index (χ1n) is 34.5. The average molecular weight is 1080 g/mol. The number of allylic oxidation sites excluding steroid dienone is 6. The molecule has 0 amide bonds. The van der Waals surface area contributed by atoms with Gasteiger partial charge in [0.25, 0.3) is 0 Å². The van der Waals surface area contributed by atoms with Gasteiger partial charge in [-0.1, -0.05) is 320 Å². The van der Waals surface area contributed by atoms with Crippen molar-refractivity contribution in [2.45, 2.75) is 386 Å². The predicted molar refractivity (Wildman–Crippen MR) is 335 cm³/mol. The maximum atomic E-state index is 12.9. The number of ether oxygens (including phenoxy) is 3. The van der Waals surface area contributed by atoms with Gasteiger partial charge in [0.05, 0.1) is 0 Å². The molecule has 0 aliphatic rings. The quantitative estimate of drug-likeness (QED) is 0.0261. The molecule has 0 radical (unpaired) electrons. The van der Waals surface area contributed by atoms with E-state index in [2.05, 4.69) is 57.2 Å². The van der Waals surface area contributed by atoms with Crippen molar-refractivity contribution in [2.75, 3.05) is 13.2 Å². The lowest BCUT2D eigenvalue weighted by Crippen LogP contribution is -2.30. The van der Waals surface area contributed by atoms with Crippen LogP contribution in [0.2, 0.25) is 0 Å². The van der Waals surface area contributed by atoms with E-state index in [0.29, 0.717) is 19.3 Å². The van der Waals surface area contributed by atoms with Gasteiger partial charge in [-0.05, 0) is 77.0 Å². The molecule has 6 heteroatoms. The van der Waals surface area contributed by atoms with E-state index >= 15 is 0 Å². The van der Waals surface area contributed by atoms with Crippen molar-refractivity contribution in [3.05, 3.63) is 36.5 Å². The highest BCUT2D eigenvalue weighted by molar-refractivity contribution is 5.71. The normalized spacial score (nSPS) is 12.2. The Morgan fingerprint density at radius 2 is 0.468 bits per heavy atom. The fourth-order valence-electron chi connectivity index (χ4n) is 10.4. The van der Waals surface area contributed by atoms with Crippen LogP contribution in [-0.2, 0) is 28.6 Å². The van der Waals surface area contributed by atoms with Crippen LogP contribution in [0, 0.1) is 0 Å². The van der Waals surface area contributed by atoms with Gasteiger partial charge in [-0.2, -0.15) is 0 Å². The summed E-state index contributed by atoms with van der Waals surface area (Å²) in [4.78, 5) is 38.4. The fourth-order valence-corrected chi connectivity index (χ4v) is 10.4. The summed E-state index contributed by atoms with van der Waals surface area (Å²) in [5.74, 6) is -0.866. The third-order valence-corrected chi connectivity index (χ3v) is 15.6. The van der Waals surface area contributed by atoms with Gasteiger partial charge in [-0.3, -0.25) is 14.4 Å². The van der Waals surface area contributed by atoms with E-state index < -0.39 is 6.10 Å². The van der Waals surface area contributed by atoms with Crippen LogP contribution in [0.5, 0.6) is 0 Å². The Kier molecular flexibility index (Phi) is 64.1. The lowest BCUT2D eigenvalue weighted by Gasteiger charge is -2.18. The summed E-state index contributed by atoms with van der Waals surface area (Å²) in [6, 6.07) is 0. The molecule has 6 nitrogen and oxygen atoms in total. The van der Waals surface area contributed by atoms with Gasteiger partial charge in [-0.25, -0.2) is 0 Å². The van der Waals surface area contributed by atoms with Gasteiger partial charge in [0, 0.05) is 19.3 Å². The first-order chi connectivity index (χ1) is 38.0. The average Bonchev–Trinajstić information content (AvgIpc) is 3.43. The zero-order valence-electron chi connectivity index (χ0n) is 52.0. The Hall–Kier alpha value is -2.37. The molecule has 0 aromatic heterocycles. The molecule has 0 aliphatic carbocycles. The molecule has 0 saturated carbocycles. The summed E-state index contributed by atoms with van der Waals surface area (Å²) in [5, 5.41) is 0. The van der Waals surface area contributed by atoms with E-state index in [-0.39, 0.29) is 31.1 Å². The standard InChI is InChI=1S/C71H132O6/c1-4-7-10-13-16-19-22-25-28-31-33-34-35-36-37-38-39-41-43-46-49-52-55-58-61-64-70(73)76-67-68(66-75-69(72)63-60-57-54-51-48-45-42-30-27-24-21-18-15-12-9-6-3)77-71(74)65-62-59-56-53-50-47-44-40-32-29-26-23-20-17-14-11-8-5-2/h21,24,29-30,32,42,68H,4-20,22-23,25-28,31,33-41,43-67H2,1-3H3/b24-21-,32-29-,42-30-.